The number of hydrogen-bond donors (Lipinski definition) is 2. The number of pyridine rings is 1. The van der Waals surface area contributed by atoms with Crippen LogP contribution >= 0.6 is 0 Å². The van der Waals surface area contributed by atoms with Crippen molar-refractivity contribution in [2.45, 2.75) is 46.6 Å². The third kappa shape index (κ3) is 4.30. The molecule has 0 atom stereocenters. The Hall–Kier alpha value is -3.35. The molecule has 1 aliphatic rings. The summed E-state index contributed by atoms with van der Waals surface area (Å²) in [7, 11) is 1.54. The van der Waals surface area contributed by atoms with Gasteiger partial charge in [0, 0.05) is 23.7 Å². The molecule has 0 saturated carbocycles. The molecule has 0 aliphatic carbocycles. The van der Waals surface area contributed by atoms with E-state index in [4.69, 9.17) is 9.47 Å². The number of amides is 1. The highest BCUT2D eigenvalue weighted by atomic mass is 16.5. The van der Waals surface area contributed by atoms with Gasteiger partial charge in [-0.25, -0.2) is 9.78 Å². The molecule has 0 fully saturated rings. The number of allylic oxidation sites excluding steroid dienone is 2. The van der Waals surface area contributed by atoms with Gasteiger partial charge in [0.15, 0.2) is 0 Å². The van der Waals surface area contributed by atoms with Crippen molar-refractivity contribution in [1.29, 1.82) is 0 Å². The second-order valence-corrected chi connectivity index (χ2v) is 7.39. The molecule has 158 valence electrons. The molecule has 7 nitrogen and oxygen atoms in total. The summed E-state index contributed by atoms with van der Waals surface area (Å²) in [6, 6.07) is 3.71. The zero-order valence-electron chi connectivity index (χ0n) is 17.7. The summed E-state index contributed by atoms with van der Waals surface area (Å²) >= 11 is 0. The van der Waals surface area contributed by atoms with Crippen molar-refractivity contribution in [3.05, 3.63) is 57.8 Å². The minimum absolute atomic E-state index is 0.0950. The molecule has 1 amide bonds. The van der Waals surface area contributed by atoms with E-state index in [-0.39, 0.29) is 23.8 Å². The minimum Gasteiger partial charge on any atom is -0.507 e. The molecule has 7 heteroatoms. The van der Waals surface area contributed by atoms with Crippen molar-refractivity contribution in [1.82, 2.24) is 4.98 Å². The number of anilines is 1. The van der Waals surface area contributed by atoms with Gasteiger partial charge in [-0.15, -0.1) is 0 Å². The van der Waals surface area contributed by atoms with E-state index in [1.807, 2.05) is 39.0 Å². The van der Waals surface area contributed by atoms with Crippen LogP contribution in [0.5, 0.6) is 11.5 Å². The Kier molecular flexibility index (Phi) is 6.40. The highest BCUT2D eigenvalue weighted by Crippen LogP contribution is 2.42. The van der Waals surface area contributed by atoms with E-state index in [0.29, 0.717) is 42.0 Å². The van der Waals surface area contributed by atoms with Gasteiger partial charge in [0.25, 0.3) is 0 Å². The number of fused-ring (bicyclic) bond motifs is 1. The summed E-state index contributed by atoms with van der Waals surface area (Å²) in [5.74, 6) is 0.399. The van der Waals surface area contributed by atoms with Gasteiger partial charge in [-0.05, 0) is 50.8 Å². The van der Waals surface area contributed by atoms with Crippen LogP contribution in [0.2, 0.25) is 0 Å². The number of aromatic nitrogens is 1. The van der Waals surface area contributed by atoms with Crippen LogP contribution in [0, 0.1) is 13.8 Å². The van der Waals surface area contributed by atoms with Crippen LogP contribution in [0.4, 0.5) is 5.82 Å². The molecule has 1 aromatic carbocycles. The van der Waals surface area contributed by atoms with E-state index in [1.165, 1.54) is 7.11 Å². The molecule has 2 aromatic rings. The number of carbonyl (C=O) groups excluding carboxylic acids is 2. The number of methoxy groups -OCH3 is 1. The first kappa shape index (κ1) is 21.4. The molecule has 30 heavy (non-hydrogen) atoms. The van der Waals surface area contributed by atoms with Gasteiger partial charge in [-0.3, -0.25) is 4.79 Å². The fourth-order valence-corrected chi connectivity index (χ4v) is 3.53. The number of phenols is 1. The minimum atomic E-state index is -0.517. The number of nitrogens with one attached hydrogen (secondary N) is 1. The average Bonchev–Trinajstić information content (AvgIpc) is 3.11. The molecule has 0 radical (unpaired) electrons. The predicted octanol–water partition coefficient (Wildman–Crippen LogP) is 3.99. The number of carbonyl (C=O) groups is 2. The van der Waals surface area contributed by atoms with Gasteiger partial charge in [0.05, 0.1) is 7.11 Å². The van der Waals surface area contributed by atoms with Crippen LogP contribution in [0.1, 0.15) is 52.4 Å². The van der Waals surface area contributed by atoms with Crippen molar-refractivity contribution in [2.75, 3.05) is 12.4 Å². The van der Waals surface area contributed by atoms with Crippen molar-refractivity contribution in [2.24, 2.45) is 0 Å². The highest BCUT2D eigenvalue weighted by Gasteiger charge is 2.31. The lowest BCUT2D eigenvalue weighted by atomic mass is 9.94. The predicted molar refractivity (Wildman–Crippen MR) is 113 cm³/mol. The standard InChI is InChI=1S/C23H26N2O5/c1-13(8-10-18(26)25-22-14(2)6-5-11-24-22)7-9-16-20(27)19-17(12-30-23(19)28)15(3)21(16)29-4/h5-7,11,27H,8-10,12H2,1-4H3,(H,24,25,26). The topological polar surface area (TPSA) is 97.8 Å². The molecule has 1 aliphatic heterocycles. The Labute approximate surface area is 175 Å². The summed E-state index contributed by atoms with van der Waals surface area (Å²) in [6.45, 7) is 5.81. The van der Waals surface area contributed by atoms with Crippen LogP contribution in [0.15, 0.2) is 30.0 Å². The number of rotatable bonds is 7. The Bertz CT molecular complexity index is 1030. The number of cyclic esters (lactones) is 1. The van der Waals surface area contributed by atoms with Crippen LogP contribution in [-0.2, 0) is 22.6 Å². The lowest BCUT2D eigenvalue weighted by molar-refractivity contribution is -0.116. The molecule has 0 spiro atoms. The molecule has 0 unspecified atom stereocenters. The van der Waals surface area contributed by atoms with E-state index in [1.54, 1.807) is 6.20 Å². The van der Waals surface area contributed by atoms with Crippen molar-refractivity contribution >= 4 is 17.7 Å². The van der Waals surface area contributed by atoms with E-state index in [0.717, 1.165) is 16.7 Å². The summed E-state index contributed by atoms with van der Waals surface area (Å²) in [5, 5.41) is 13.5. The Morgan fingerprint density at radius 2 is 2.13 bits per heavy atom. The largest absolute Gasteiger partial charge is 0.507 e. The van der Waals surface area contributed by atoms with Gasteiger partial charge in [-0.2, -0.15) is 0 Å². The van der Waals surface area contributed by atoms with Crippen molar-refractivity contribution in [3.63, 3.8) is 0 Å². The number of aryl methyl sites for hydroxylation is 1. The second-order valence-electron chi connectivity index (χ2n) is 7.39. The van der Waals surface area contributed by atoms with Gasteiger partial charge >= 0.3 is 5.97 Å². The van der Waals surface area contributed by atoms with E-state index in [2.05, 4.69) is 10.3 Å². The fourth-order valence-electron chi connectivity index (χ4n) is 3.53. The molecular formula is C23H26N2O5. The van der Waals surface area contributed by atoms with Crippen molar-refractivity contribution < 1.29 is 24.2 Å². The van der Waals surface area contributed by atoms with Crippen LogP contribution in [0.3, 0.4) is 0 Å². The fraction of sp³-hybridized carbons (Fsp3) is 0.348. The maximum atomic E-state index is 12.2. The number of ether oxygens (including phenoxy) is 2. The highest BCUT2D eigenvalue weighted by molar-refractivity contribution is 5.98. The lowest BCUT2D eigenvalue weighted by Crippen LogP contribution is -2.13. The number of benzene rings is 1. The summed E-state index contributed by atoms with van der Waals surface area (Å²) in [5.41, 5.74) is 4.12. The Morgan fingerprint density at radius 3 is 2.83 bits per heavy atom. The number of hydrogen-bond acceptors (Lipinski definition) is 6. The number of phenolic OH excluding ortho intramolecular Hbond substituents is 1. The van der Waals surface area contributed by atoms with Gasteiger partial charge < -0.3 is 19.9 Å². The molecule has 3 rings (SSSR count). The van der Waals surface area contributed by atoms with Gasteiger partial charge in [0.2, 0.25) is 5.91 Å². The average molecular weight is 410 g/mol. The second kappa shape index (κ2) is 8.98. The first-order chi connectivity index (χ1) is 14.3. The van der Waals surface area contributed by atoms with Gasteiger partial charge in [-0.1, -0.05) is 17.7 Å². The van der Waals surface area contributed by atoms with E-state index >= 15 is 0 Å². The molecule has 2 heterocycles. The number of nitrogens with zero attached hydrogens (tertiary/aromatic N) is 1. The maximum absolute atomic E-state index is 12.2. The molecule has 0 saturated heterocycles. The normalized spacial score (nSPS) is 13.1. The number of esters is 1. The third-order valence-corrected chi connectivity index (χ3v) is 5.32. The molecule has 0 bridgehead atoms. The lowest BCUT2D eigenvalue weighted by Gasteiger charge is -2.15. The van der Waals surface area contributed by atoms with Crippen LogP contribution in [-0.4, -0.2) is 29.1 Å². The third-order valence-electron chi connectivity index (χ3n) is 5.32. The first-order valence-corrected chi connectivity index (χ1v) is 9.79. The quantitative estimate of drug-likeness (QED) is 0.529. The SMILES string of the molecule is COc1c(C)c2c(c(O)c1CC=C(C)CCC(=O)Nc1ncccc1C)C(=O)OC2. The maximum Gasteiger partial charge on any atom is 0.342 e. The van der Waals surface area contributed by atoms with Crippen LogP contribution in [0.25, 0.3) is 0 Å². The van der Waals surface area contributed by atoms with E-state index in [9.17, 15) is 14.7 Å². The number of aromatic hydroxyl groups is 1. The summed E-state index contributed by atoms with van der Waals surface area (Å²) in [6.07, 6.45) is 4.83. The smallest absolute Gasteiger partial charge is 0.342 e. The first-order valence-electron chi connectivity index (χ1n) is 9.79. The summed E-state index contributed by atoms with van der Waals surface area (Å²) in [4.78, 5) is 28.4. The van der Waals surface area contributed by atoms with Crippen LogP contribution < -0.4 is 10.1 Å². The summed E-state index contributed by atoms with van der Waals surface area (Å²) < 4.78 is 10.6. The van der Waals surface area contributed by atoms with E-state index < -0.39 is 5.97 Å². The molecular weight excluding hydrogens is 384 g/mol. The zero-order chi connectivity index (χ0) is 21.8. The van der Waals surface area contributed by atoms with Gasteiger partial charge in [0.1, 0.15) is 29.5 Å². The molecule has 2 N–H and O–H groups in total. The Balaban J connectivity index is 1.69. The van der Waals surface area contributed by atoms with Crippen molar-refractivity contribution in [3.8, 4) is 11.5 Å². The zero-order valence-corrected chi connectivity index (χ0v) is 17.7. The molecule has 1 aromatic heterocycles. The monoisotopic (exact) mass is 410 g/mol. The Morgan fingerprint density at radius 1 is 1.37 bits per heavy atom.